The van der Waals surface area contributed by atoms with E-state index >= 15 is 0 Å². The first-order chi connectivity index (χ1) is 9.56. The number of aliphatic carboxylic acids is 1. The molecule has 5 heteroatoms. The predicted octanol–water partition coefficient (Wildman–Crippen LogP) is 1.90. The largest absolute Gasteiger partial charge is 0.481 e. The summed E-state index contributed by atoms with van der Waals surface area (Å²) in [6.45, 7) is 2.82. The van der Waals surface area contributed by atoms with Crippen LogP contribution in [0.5, 0.6) is 0 Å². The molecule has 1 unspecified atom stereocenters. The van der Waals surface area contributed by atoms with Gasteiger partial charge in [0.1, 0.15) is 0 Å². The van der Waals surface area contributed by atoms with Crippen molar-refractivity contribution in [3.8, 4) is 0 Å². The van der Waals surface area contributed by atoms with Crippen LogP contribution in [0.1, 0.15) is 58.3 Å². The summed E-state index contributed by atoms with van der Waals surface area (Å²) in [4.78, 5) is 22.8. The van der Waals surface area contributed by atoms with E-state index in [0.717, 1.165) is 32.1 Å². The molecule has 0 aromatic heterocycles. The Morgan fingerprint density at radius 3 is 2.60 bits per heavy atom. The van der Waals surface area contributed by atoms with E-state index in [9.17, 15) is 9.59 Å². The van der Waals surface area contributed by atoms with Crippen LogP contribution in [0, 0.1) is 11.8 Å². The Balaban J connectivity index is 2.24. The number of rotatable bonds is 9. The fraction of sp³-hybridized carbons (Fsp3) is 0.867. The first-order valence-corrected chi connectivity index (χ1v) is 7.79. The molecule has 1 aliphatic rings. The summed E-state index contributed by atoms with van der Waals surface area (Å²) in [6, 6.07) is 0.0442. The van der Waals surface area contributed by atoms with Crippen LogP contribution in [0.2, 0.25) is 0 Å². The van der Waals surface area contributed by atoms with Gasteiger partial charge >= 0.3 is 5.97 Å². The van der Waals surface area contributed by atoms with Gasteiger partial charge in [-0.05, 0) is 44.6 Å². The standard InChI is InChI=1S/C15H28N2O3/c1-2-3-11(8-9-16)4-7-14(18)17-13-6-5-12(10-13)15(19)20/h11-13H,2-10,16H2,1H3,(H,17,18)(H,19,20)/t11?,12-,13+/m1/s1. The van der Waals surface area contributed by atoms with Gasteiger partial charge in [-0.3, -0.25) is 9.59 Å². The highest BCUT2D eigenvalue weighted by Gasteiger charge is 2.30. The van der Waals surface area contributed by atoms with Crippen LogP contribution in [0.3, 0.4) is 0 Å². The maximum absolute atomic E-state index is 11.9. The van der Waals surface area contributed by atoms with Gasteiger partial charge in [0.25, 0.3) is 0 Å². The number of nitrogens with two attached hydrogens (primary N) is 1. The van der Waals surface area contributed by atoms with Crippen molar-refractivity contribution in [2.24, 2.45) is 17.6 Å². The molecule has 4 N–H and O–H groups in total. The van der Waals surface area contributed by atoms with E-state index in [-0.39, 0.29) is 17.9 Å². The maximum atomic E-state index is 11.9. The molecule has 0 aliphatic heterocycles. The molecule has 1 saturated carbocycles. The van der Waals surface area contributed by atoms with E-state index < -0.39 is 5.97 Å². The zero-order valence-electron chi connectivity index (χ0n) is 12.4. The van der Waals surface area contributed by atoms with Gasteiger partial charge in [-0.2, -0.15) is 0 Å². The van der Waals surface area contributed by atoms with E-state index in [2.05, 4.69) is 12.2 Å². The summed E-state index contributed by atoms with van der Waals surface area (Å²) in [5.41, 5.74) is 5.59. The van der Waals surface area contributed by atoms with E-state index in [4.69, 9.17) is 10.8 Å². The number of hydrogen-bond donors (Lipinski definition) is 3. The van der Waals surface area contributed by atoms with Gasteiger partial charge in [0.2, 0.25) is 5.91 Å². The van der Waals surface area contributed by atoms with Crippen molar-refractivity contribution in [1.29, 1.82) is 0 Å². The quantitative estimate of drug-likeness (QED) is 0.603. The number of hydrogen-bond acceptors (Lipinski definition) is 3. The summed E-state index contributed by atoms with van der Waals surface area (Å²) < 4.78 is 0. The molecule has 0 spiro atoms. The Morgan fingerprint density at radius 1 is 1.30 bits per heavy atom. The van der Waals surface area contributed by atoms with Crippen molar-refractivity contribution in [3.05, 3.63) is 0 Å². The van der Waals surface area contributed by atoms with Gasteiger partial charge in [0.15, 0.2) is 0 Å². The minimum Gasteiger partial charge on any atom is -0.481 e. The molecule has 0 aromatic carbocycles. The molecule has 1 rings (SSSR count). The molecule has 5 nitrogen and oxygen atoms in total. The Morgan fingerprint density at radius 2 is 2.05 bits per heavy atom. The first-order valence-electron chi connectivity index (χ1n) is 7.79. The number of carbonyl (C=O) groups is 2. The normalized spacial score (nSPS) is 23.5. The molecule has 0 radical (unpaired) electrons. The number of nitrogens with one attached hydrogen (secondary N) is 1. The lowest BCUT2D eigenvalue weighted by Crippen LogP contribution is -2.33. The Labute approximate surface area is 121 Å². The van der Waals surface area contributed by atoms with E-state index in [1.807, 2.05) is 0 Å². The molecule has 1 amide bonds. The third-order valence-corrected chi connectivity index (χ3v) is 4.20. The van der Waals surface area contributed by atoms with Gasteiger partial charge in [-0.15, -0.1) is 0 Å². The lowest BCUT2D eigenvalue weighted by atomic mass is 9.94. The average Bonchev–Trinajstić information content (AvgIpc) is 2.85. The van der Waals surface area contributed by atoms with Crippen molar-refractivity contribution >= 4 is 11.9 Å². The highest BCUT2D eigenvalue weighted by molar-refractivity contribution is 5.76. The van der Waals surface area contributed by atoms with Crippen molar-refractivity contribution < 1.29 is 14.7 Å². The van der Waals surface area contributed by atoms with Gasteiger partial charge < -0.3 is 16.2 Å². The molecule has 0 saturated heterocycles. The lowest BCUT2D eigenvalue weighted by Gasteiger charge is -2.16. The Bertz CT molecular complexity index is 314. The van der Waals surface area contributed by atoms with Crippen molar-refractivity contribution in [1.82, 2.24) is 5.32 Å². The lowest BCUT2D eigenvalue weighted by molar-refractivity contribution is -0.141. The van der Waals surface area contributed by atoms with Crippen LogP contribution >= 0.6 is 0 Å². The molecule has 0 bridgehead atoms. The van der Waals surface area contributed by atoms with Crippen molar-refractivity contribution in [2.45, 2.75) is 64.3 Å². The first kappa shape index (κ1) is 17.0. The average molecular weight is 284 g/mol. The third-order valence-electron chi connectivity index (χ3n) is 4.20. The van der Waals surface area contributed by atoms with E-state index in [0.29, 0.717) is 31.7 Å². The molecule has 0 heterocycles. The summed E-state index contributed by atoms with van der Waals surface area (Å²) in [6.07, 6.45) is 6.65. The fourth-order valence-electron chi connectivity index (χ4n) is 3.05. The molecule has 1 fully saturated rings. The number of amides is 1. The van der Waals surface area contributed by atoms with Crippen LogP contribution < -0.4 is 11.1 Å². The minimum atomic E-state index is -0.743. The molecular weight excluding hydrogens is 256 g/mol. The summed E-state index contributed by atoms with van der Waals surface area (Å²) in [5, 5.41) is 11.9. The van der Waals surface area contributed by atoms with Crippen molar-refractivity contribution in [2.75, 3.05) is 6.54 Å². The zero-order chi connectivity index (χ0) is 15.0. The van der Waals surface area contributed by atoms with Gasteiger partial charge in [-0.1, -0.05) is 19.8 Å². The maximum Gasteiger partial charge on any atom is 0.306 e. The van der Waals surface area contributed by atoms with Gasteiger partial charge in [0.05, 0.1) is 5.92 Å². The number of carboxylic acids is 1. The van der Waals surface area contributed by atoms with Crippen LogP contribution in [-0.4, -0.2) is 29.6 Å². The van der Waals surface area contributed by atoms with E-state index in [1.54, 1.807) is 0 Å². The smallest absolute Gasteiger partial charge is 0.306 e. The second kappa shape index (κ2) is 8.95. The van der Waals surface area contributed by atoms with Crippen LogP contribution in [0.15, 0.2) is 0 Å². The zero-order valence-corrected chi connectivity index (χ0v) is 12.4. The highest BCUT2D eigenvalue weighted by atomic mass is 16.4. The van der Waals surface area contributed by atoms with Crippen molar-refractivity contribution in [3.63, 3.8) is 0 Å². The van der Waals surface area contributed by atoms with Crippen LogP contribution in [-0.2, 0) is 9.59 Å². The molecule has 3 atom stereocenters. The summed E-state index contributed by atoms with van der Waals surface area (Å²) >= 11 is 0. The molecule has 116 valence electrons. The van der Waals surface area contributed by atoms with Gasteiger partial charge in [0, 0.05) is 12.5 Å². The topological polar surface area (TPSA) is 92.4 Å². The molecule has 1 aliphatic carbocycles. The Kier molecular flexibility index (Phi) is 7.59. The van der Waals surface area contributed by atoms with Gasteiger partial charge in [-0.25, -0.2) is 0 Å². The third kappa shape index (κ3) is 5.90. The fourth-order valence-corrected chi connectivity index (χ4v) is 3.05. The Hall–Kier alpha value is -1.10. The summed E-state index contributed by atoms with van der Waals surface area (Å²) in [5.74, 6) is -0.441. The minimum absolute atomic E-state index is 0.0442. The van der Waals surface area contributed by atoms with Crippen LogP contribution in [0.25, 0.3) is 0 Å². The number of carbonyl (C=O) groups excluding carboxylic acids is 1. The predicted molar refractivity (Wildman–Crippen MR) is 78.2 cm³/mol. The SMILES string of the molecule is CCCC(CCN)CCC(=O)N[C@H]1CC[C@@H](C(=O)O)C1. The van der Waals surface area contributed by atoms with Crippen LogP contribution in [0.4, 0.5) is 0 Å². The van der Waals surface area contributed by atoms with E-state index in [1.165, 1.54) is 0 Å². The molecule has 0 aromatic rings. The second-order valence-corrected chi connectivity index (χ2v) is 5.88. The highest BCUT2D eigenvalue weighted by Crippen LogP contribution is 2.26. The monoisotopic (exact) mass is 284 g/mol. The molecule has 20 heavy (non-hydrogen) atoms. The number of carboxylic acid groups (broad SMARTS) is 1. The molecular formula is C15H28N2O3. The second-order valence-electron chi connectivity index (χ2n) is 5.88. The summed E-state index contributed by atoms with van der Waals surface area (Å²) in [7, 11) is 0.